The monoisotopic (exact) mass is 1500 g/mol. The highest BCUT2D eigenvalue weighted by Gasteiger charge is 2.32. The van der Waals surface area contributed by atoms with Crippen LogP contribution in [0, 0.1) is 5.92 Å². The molecule has 0 saturated carbocycles. The third-order valence-corrected chi connectivity index (χ3v) is 15.0. The number of aliphatic hydroxyl groups is 2. The fourth-order valence-corrected chi connectivity index (χ4v) is 9.79. The number of benzene rings is 1. The van der Waals surface area contributed by atoms with E-state index in [-0.39, 0.29) is 37.4 Å². The Labute approximate surface area is 608 Å². The van der Waals surface area contributed by atoms with Crippen molar-refractivity contribution in [3.63, 3.8) is 0 Å². The van der Waals surface area contributed by atoms with E-state index in [1.165, 1.54) is 32.0 Å². The molecule has 42 heteroatoms. The summed E-state index contributed by atoms with van der Waals surface area (Å²) in [7, 11) is 0. The molecule has 3 aromatic rings. The van der Waals surface area contributed by atoms with Gasteiger partial charge in [0.1, 0.15) is 68.2 Å². The van der Waals surface area contributed by atoms with Gasteiger partial charge in [0.25, 0.3) is 0 Å². The number of amides is 15. The lowest BCUT2D eigenvalue weighted by Crippen LogP contribution is -2.55. The SMILES string of the molecule is CC(=O)N[C@@H](CO)C(=O)NCC(CNC(=O)[C@H](CO)NC(C)=O)OCC(=O)N[C@@H](Cc1ccccc1)C(=O)NC[C@H](CNC(=O)[C@H](CC(C)C)NC(=O)CO[C@H](CNC(=O)[C@H](CC(=O)O)NC(C)=O)CNC(=O)[C@H](Cc1cnc[nH]1)NC(C)=O)OCC(=O)N[C@@H](CS)C(=O)N[C@@H](Cc1cnc[nH]1)C(N)=O. The van der Waals surface area contributed by atoms with E-state index in [9.17, 15) is 92.0 Å². The number of carboxylic acid groups (broad SMARTS) is 1. The normalized spacial score (nSPS) is 13.9. The lowest BCUT2D eigenvalue weighted by molar-refractivity contribution is -0.141. The van der Waals surface area contributed by atoms with Gasteiger partial charge in [0.05, 0.1) is 50.6 Å². The maximum atomic E-state index is 14.4. The number of hydrogen-bond donors (Lipinski definition) is 21. The maximum absolute atomic E-state index is 14.4. The first-order chi connectivity index (χ1) is 49.8. The second-order valence-electron chi connectivity index (χ2n) is 24.1. The Morgan fingerprint density at radius 3 is 1.14 bits per heavy atom. The highest BCUT2D eigenvalue weighted by molar-refractivity contribution is 7.80. The molecular formula is C63H95N19O22S. The van der Waals surface area contributed by atoms with Gasteiger partial charge in [-0.05, 0) is 17.9 Å². The molecule has 0 radical (unpaired) electrons. The van der Waals surface area contributed by atoms with Crippen molar-refractivity contribution in [2.24, 2.45) is 11.7 Å². The minimum Gasteiger partial charge on any atom is -0.481 e. The molecule has 2 heterocycles. The molecule has 2 aromatic heterocycles. The predicted molar refractivity (Wildman–Crippen MR) is 369 cm³/mol. The first-order valence-corrected chi connectivity index (χ1v) is 33.5. The van der Waals surface area contributed by atoms with Crippen LogP contribution in [0.4, 0.5) is 0 Å². The minimum atomic E-state index is -1.56. The average Bonchev–Trinajstić information content (AvgIpc) is 1.68. The van der Waals surface area contributed by atoms with Crippen molar-refractivity contribution < 1.29 is 106 Å². The fourth-order valence-electron chi connectivity index (χ4n) is 9.53. The van der Waals surface area contributed by atoms with Crippen molar-refractivity contribution in [3.8, 4) is 0 Å². The summed E-state index contributed by atoms with van der Waals surface area (Å²) in [5.41, 5.74) is 7.00. The van der Waals surface area contributed by atoms with Crippen LogP contribution < -0.4 is 80.2 Å². The van der Waals surface area contributed by atoms with E-state index in [0.717, 1.165) is 20.8 Å². The minimum absolute atomic E-state index is 0.0292. The summed E-state index contributed by atoms with van der Waals surface area (Å²) in [6, 6.07) is -2.72. The van der Waals surface area contributed by atoms with Crippen LogP contribution in [0.2, 0.25) is 0 Å². The summed E-state index contributed by atoms with van der Waals surface area (Å²) >= 11 is 4.20. The van der Waals surface area contributed by atoms with Crippen LogP contribution in [0.5, 0.6) is 0 Å². The molecule has 15 amide bonds. The summed E-state index contributed by atoms with van der Waals surface area (Å²) in [5, 5.41) is 63.3. The van der Waals surface area contributed by atoms with Gasteiger partial charge >= 0.3 is 5.97 Å². The average molecular weight is 1500 g/mol. The molecule has 580 valence electrons. The zero-order valence-electron chi connectivity index (χ0n) is 58.7. The molecular weight excluding hydrogens is 1410 g/mol. The van der Waals surface area contributed by atoms with Crippen molar-refractivity contribution in [1.29, 1.82) is 0 Å². The Bertz CT molecular complexity index is 3320. The number of nitrogens with zero attached hydrogens (tertiary/aromatic N) is 2. The number of nitrogens with one attached hydrogen (secondary N) is 16. The summed E-state index contributed by atoms with van der Waals surface area (Å²) < 4.78 is 17.6. The smallest absolute Gasteiger partial charge is 0.305 e. The van der Waals surface area contributed by atoms with E-state index < -0.39 is 240 Å². The van der Waals surface area contributed by atoms with Crippen LogP contribution in [-0.4, -0.2) is 275 Å². The van der Waals surface area contributed by atoms with Crippen LogP contribution in [0.3, 0.4) is 0 Å². The number of carbonyl (C=O) groups excluding carboxylic acids is 15. The van der Waals surface area contributed by atoms with Crippen LogP contribution in [0.25, 0.3) is 0 Å². The number of nitrogens with two attached hydrogens (primary N) is 1. The molecule has 1 aromatic carbocycles. The van der Waals surface area contributed by atoms with Crippen molar-refractivity contribution in [2.45, 2.75) is 140 Å². The number of carboxylic acids is 1. The number of primary amides is 1. The largest absolute Gasteiger partial charge is 0.481 e. The van der Waals surface area contributed by atoms with Crippen LogP contribution >= 0.6 is 12.6 Å². The summed E-state index contributed by atoms with van der Waals surface area (Å²) in [4.78, 5) is 221. The van der Waals surface area contributed by atoms with E-state index in [2.05, 4.69) is 107 Å². The molecule has 0 aliphatic rings. The third kappa shape index (κ3) is 36.3. The van der Waals surface area contributed by atoms with Crippen LogP contribution in [-0.2, 0) is 110 Å². The predicted octanol–water partition coefficient (Wildman–Crippen LogP) is -9.11. The van der Waals surface area contributed by atoms with E-state index >= 15 is 0 Å². The standard InChI is InChI=1S/C63H95N19O22S/c1-33(2)12-45(79-52(89)27-102-42(22-70-60(98)48(16-55(92)93)76-35(4)86)21-69-59(97)47(75-34(3)85)15-40-18-66-32-74-40)57(95)67-19-41(104-29-54(91)81-51(30-105)63(101)82-44(56(64)94)14-39-17-65-31-73-39)20-68-58(96)46(13-38-10-8-7-9-11-38)80-53(90)28-103-43(23-71-61(99)49(25-83)77-36(5)87)24-72-62(100)50(26-84)78-37(6)88/h7-11,17-18,31-33,41-51,83-84,105H,12-16,19-30H2,1-6H3,(H2,64,94)(H,65,73)(H,66,74)(H,67,95)(H,68,96)(H,69,97)(H,70,98)(H,71,99)(H,72,100)(H,75,85)(H,76,86)(H,77,87)(H,78,88)(H,79,89)(H,80,90)(H,81,91)(H,82,101)(H,92,93)/t41-,42-,44-,45-,46-,47-,48-,49-,50-,51-/m0/s1. The molecule has 0 bridgehead atoms. The molecule has 41 nitrogen and oxygen atoms in total. The lowest BCUT2D eigenvalue weighted by atomic mass is 10.0. The number of aromatic nitrogens is 4. The number of rotatable bonds is 50. The number of ether oxygens (including phenoxy) is 3. The molecule has 105 heavy (non-hydrogen) atoms. The van der Waals surface area contributed by atoms with Gasteiger partial charge in [-0.25, -0.2) is 9.97 Å². The number of thiol groups is 1. The second kappa shape index (κ2) is 47.6. The first-order valence-electron chi connectivity index (χ1n) is 32.9. The quantitative estimate of drug-likeness (QED) is 0.0233. The van der Waals surface area contributed by atoms with Gasteiger partial charge in [0.15, 0.2) is 0 Å². The first kappa shape index (κ1) is 88.5. The van der Waals surface area contributed by atoms with Crippen LogP contribution in [0.1, 0.15) is 71.3 Å². The number of aromatic amines is 2. The van der Waals surface area contributed by atoms with Gasteiger partial charge in [0.2, 0.25) is 88.6 Å². The highest BCUT2D eigenvalue weighted by Crippen LogP contribution is 2.09. The van der Waals surface area contributed by atoms with Gasteiger partial charge in [-0.15, -0.1) is 0 Å². The number of imidazole rings is 2. The van der Waals surface area contributed by atoms with Gasteiger partial charge in [-0.2, -0.15) is 12.6 Å². The Morgan fingerprint density at radius 1 is 0.448 bits per heavy atom. The van der Waals surface area contributed by atoms with Crippen molar-refractivity contribution >= 4 is 107 Å². The molecule has 3 rings (SSSR count). The van der Waals surface area contributed by atoms with Gasteiger partial charge in [0, 0.05) is 116 Å². The molecule has 0 unspecified atom stereocenters. The van der Waals surface area contributed by atoms with Crippen LogP contribution in [0.15, 0.2) is 55.4 Å². The fraction of sp³-hybridized carbons (Fsp3) is 0.556. The van der Waals surface area contributed by atoms with Crippen molar-refractivity contribution in [2.75, 3.05) is 78.1 Å². The number of H-pyrrole nitrogens is 2. The van der Waals surface area contributed by atoms with Gasteiger partial charge in [-0.1, -0.05) is 44.2 Å². The van der Waals surface area contributed by atoms with Gasteiger partial charge < -0.3 is 120 Å². The number of hydrogen-bond acceptors (Lipinski definition) is 24. The van der Waals surface area contributed by atoms with E-state index in [0.29, 0.717) is 17.0 Å². The van der Waals surface area contributed by atoms with Crippen molar-refractivity contribution in [1.82, 2.24) is 94.4 Å². The highest BCUT2D eigenvalue weighted by atomic mass is 32.1. The number of aliphatic carboxylic acids is 1. The molecule has 0 aliphatic heterocycles. The Morgan fingerprint density at radius 2 is 0.790 bits per heavy atom. The van der Waals surface area contributed by atoms with Crippen molar-refractivity contribution in [3.05, 3.63) is 72.3 Å². The Balaban J connectivity index is 1.94. The van der Waals surface area contributed by atoms with Gasteiger partial charge in [-0.3, -0.25) is 76.7 Å². The third-order valence-electron chi connectivity index (χ3n) is 14.6. The zero-order chi connectivity index (χ0) is 78.1. The number of aliphatic hydroxyl groups excluding tert-OH is 2. The maximum Gasteiger partial charge on any atom is 0.305 e. The summed E-state index contributed by atoms with van der Waals surface area (Å²) in [5.74, 6) is -14.4. The lowest BCUT2D eigenvalue weighted by Gasteiger charge is -2.25. The number of carbonyl (C=O) groups is 16. The molecule has 10 atom stereocenters. The van der Waals surface area contributed by atoms with E-state index in [1.807, 2.05) is 0 Å². The summed E-state index contributed by atoms with van der Waals surface area (Å²) in [6.45, 7) is 0.733. The molecule has 0 aliphatic carbocycles. The molecule has 21 N–H and O–H groups in total. The second-order valence-corrected chi connectivity index (χ2v) is 24.5. The zero-order valence-corrected chi connectivity index (χ0v) is 59.6. The topological polar surface area (TPSA) is 613 Å². The summed E-state index contributed by atoms with van der Waals surface area (Å²) in [6.07, 6.45) is 0.440. The Hall–Kier alpha value is -10.7. The van der Waals surface area contributed by atoms with E-state index in [4.69, 9.17) is 19.9 Å². The molecule has 0 spiro atoms. The molecule has 0 saturated heterocycles. The Kier molecular flexibility index (Phi) is 40.1. The molecule has 0 fully saturated rings. The van der Waals surface area contributed by atoms with E-state index in [1.54, 1.807) is 44.2 Å².